The standard InChI is InChI=1S/C15H27N3O3/c1-14(2,3)21-13(20)18-9-5-11(6-10-18)15(4)7-8-16-12(19)17-15/h11H,5-10H2,1-4H3,(H2,16,17,19). The summed E-state index contributed by atoms with van der Waals surface area (Å²) in [5.74, 6) is 0.405. The molecule has 2 fully saturated rings. The monoisotopic (exact) mass is 297 g/mol. The van der Waals surface area contributed by atoms with E-state index < -0.39 is 5.60 Å². The molecule has 1 atom stereocenters. The molecule has 120 valence electrons. The molecule has 2 rings (SSSR count). The summed E-state index contributed by atoms with van der Waals surface area (Å²) < 4.78 is 5.41. The molecule has 2 N–H and O–H groups in total. The van der Waals surface area contributed by atoms with Gasteiger partial charge in [-0.15, -0.1) is 0 Å². The third-order valence-corrected chi connectivity index (χ3v) is 4.38. The van der Waals surface area contributed by atoms with Gasteiger partial charge in [0.1, 0.15) is 5.60 Å². The lowest BCUT2D eigenvalue weighted by atomic mass is 9.76. The van der Waals surface area contributed by atoms with Crippen LogP contribution >= 0.6 is 0 Å². The normalized spacial score (nSPS) is 27.8. The molecule has 2 aliphatic rings. The van der Waals surface area contributed by atoms with E-state index in [1.54, 1.807) is 4.90 Å². The van der Waals surface area contributed by atoms with Gasteiger partial charge in [-0.05, 0) is 52.9 Å². The number of urea groups is 1. The van der Waals surface area contributed by atoms with Crippen LogP contribution in [0.25, 0.3) is 0 Å². The van der Waals surface area contributed by atoms with E-state index in [0.29, 0.717) is 25.6 Å². The lowest BCUT2D eigenvalue weighted by Gasteiger charge is -2.45. The van der Waals surface area contributed by atoms with Crippen molar-refractivity contribution in [2.45, 2.75) is 58.1 Å². The van der Waals surface area contributed by atoms with Gasteiger partial charge < -0.3 is 20.3 Å². The first-order valence-electron chi connectivity index (χ1n) is 7.73. The van der Waals surface area contributed by atoms with Crippen molar-refractivity contribution in [2.24, 2.45) is 5.92 Å². The molecular weight excluding hydrogens is 270 g/mol. The molecule has 0 aromatic rings. The summed E-state index contributed by atoms with van der Waals surface area (Å²) in [6.45, 7) is 9.85. The van der Waals surface area contributed by atoms with Crippen LogP contribution in [0.4, 0.5) is 9.59 Å². The Morgan fingerprint density at radius 2 is 1.95 bits per heavy atom. The van der Waals surface area contributed by atoms with E-state index in [1.807, 2.05) is 20.8 Å². The van der Waals surface area contributed by atoms with Crippen LogP contribution in [0, 0.1) is 5.92 Å². The third kappa shape index (κ3) is 4.02. The molecule has 2 saturated heterocycles. The fourth-order valence-electron chi connectivity index (χ4n) is 3.13. The highest BCUT2D eigenvalue weighted by atomic mass is 16.6. The summed E-state index contributed by atoms with van der Waals surface area (Å²) in [6, 6.07) is -0.0849. The molecule has 6 nitrogen and oxygen atoms in total. The summed E-state index contributed by atoms with van der Waals surface area (Å²) in [6.07, 6.45) is 2.49. The van der Waals surface area contributed by atoms with Gasteiger partial charge in [-0.2, -0.15) is 0 Å². The Morgan fingerprint density at radius 3 is 2.48 bits per heavy atom. The number of hydrogen-bond acceptors (Lipinski definition) is 3. The molecule has 1 unspecified atom stereocenters. The van der Waals surface area contributed by atoms with Crippen LogP contribution < -0.4 is 10.6 Å². The fourth-order valence-corrected chi connectivity index (χ4v) is 3.13. The lowest BCUT2D eigenvalue weighted by Crippen LogP contribution is -2.61. The molecule has 21 heavy (non-hydrogen) atoms. The molecule has 2 heterocycles. The Hall–Kier alpha value is -1.46. The van der Waals surface area contributed by atoms with Gasteiger partial charge in [0.15, 0.2) is 0 Å². The van der Waals surface area contributed by atoms with Crippen LogP contribution in [0.3, 0.4) is 0 Å². The van der Waals surface area contributed by atoms with Crippen LogP contribution in [0.15, 0.2) is 0 Å². The molecule has 0 aliphatic carbocycles. The van der Waals surface area contributed by atoms with E-state index in [2.05, 4.69) is 17.6 Å². The van der Waals surface area contributed by atoms with E-state index in [-0.39, 0.29) is 17.7 Å². The summed E-state index contributed by atoms with van der Waals surface area (Å²) >= 11 is 0. The fraction of sp³-hybridized carbons (Fsp3) is 0.867. The molecule has 3 amide bonds. The second-order valence-electron chi connectivity index (χ2n) is 7.29. The van der Waals surface area contributed by atoms with Gasteiger partial charge in [-0.25, -0.2) is 9.59 Å². The topological polar surface area (TPSA) is 70.7 Å². The molecule has 0 spiro atoms. The quantitative estimate of drug-likeness (QED) is 0.778. The number of likely N-dealkylation sites (tertiary alicyclic amines) is 1. The lowest BCUT2D eigenvalue weighted by molar-refractivity contribution is 0.0132. The number of carbonyl (C=O) groups is 2. The van der Waals surface area contributed by atoms with Gasteiger partial charge in [0.2, 0.25) is 0 Å². The van der Waals surface area contributed by atoms with Crippen LogP contribution in [0.2, 0.25) is 0 Å². The predicted molar refractivity (Wildman–Crippen MR) is 80.1 cm³/mol. The Labute approximate surface area is 126 Å². The maximum absolute atomic E-state index is 12.1. The van der Waals surface area contributed by atoms with Crippen molar-refractivity contribution >= 4 is 12.1 Å². The summed E-state index contributed by atoms with van der Waals surface area (Å²) in [5, 5.41) is 5.85. The van der Waals surface area contributed by atoms with Crippen LogP contribution in [-0.4, -0.2) is 47.8 Å². The number of amides is 3. The minimum atomic E-state index is -0.455. The smallest absolute Gasteiger partial charge is 0.410 e. The first-order chi connectivity index (χ1) is 9.70. The van der Waals surface area contributed by atoms with Crippen molar-refractivity contribution in [2.75, 3.05) is 19.6 Å². The van der Waals surface area contributed by atoms with Gasteiger partial charge in [0.05, 0.1) is 0 Å². The molecule has 0 saturated carbocycles. The van der Waals surface area contributed by atoms with Gasteiger partial charge in [0, 0.05) is 25.2 Å². The van der Waals surface area contributed by atoms with E-state index in [0.717, 1.165) is 19.3 Å². The maximum atomic E-state index is 12.1. The molecular formula is C15H27N3O3. The molecule has 2 aliphatic heterocycles. The average Bonchev–Trinajstić information content (AvgIpc) is 2.36. The second-order valence-corrected chi connectivity index (χ2v) is 7.29. The van der Waals surface area contributed by atoms with Crippen LogP contribution in [0.1, 0.15) is 47.0 Å². The zero-order chi connectivity index (χ0) is 15.7. The number of ether oxygens (including phenoxy) is 1. The highest BCUT2D eigenvalue weighted by Crippen LogP contribution is 2.32. The van der Waals surface area contributed by atoms with Crippen molar-refractivity contribution in [1.82, 2.24) is 15.5 Å². The second kappa shape index (κ2) is 5.73. The largest absolute Gasteiger partial charge is 0.444 e. The van der Waals surface area contributed by atoms with E-state index in [9.17, 15) is 9.59 Å². The Bertz CT molecular complexity index is 411. The van der Waals surface area contributed by atoms with Crippen molar-refractivity contribution in [3.05, 3.63) is 0 Å². The zero-order valence-electron chi connectivity index (χ0n) is 13.5. The van der Waals surface area contributed by atoms with Crippen molar-refractivity contribution in [1.29, 1.82) is 0 Å². The number of rotatable bonds is 1. The van der Waals surface area contributed by atoms with Gasteiger partial charge in [-0.3, -0.25) is 0 Å². The van der Waals surface area contributed by atoms with E-state index in [4.69, 9.17) is 4.74 Å². The number of carbonyl (C=O) groups excluding carboxylic acids is 2. The zero-order valence-corrected chi connectivity index (χ0v) is 13.5. The first-order valence-corrected chi connectivity index (χ1v) is 7.73. The van der Waals surface area contributed by atoms with Crippen LogP contribution in [-0.2, 0) is 4.74 Å². The Balaban J connectivity index is 1.88. The highest BCUT2D eigenvalue weighted by Gasteiger charge is 2.40. The Kier molecular flexibility index (Phi) is 4.35. The third-order valence-electron chi connectivity index (χ3n) is 4.38. The van der Waals surface area contributed by atoms with Gasteiger partial charge >= 0.3 is 12.1 Å². The molecule has 6 heteroatoms. The van der Waals surface area contributed by atoms with Gasteiger partial charge in [0.25, 0.3) is 0 Å². The van der Waals surface area contributed by atoms with Gasteiger partial charge in [-0.1, -0.05) is 0 Å². The minimum Gasteiger partial charge on any atom is -0.444 e. The van der Waals surface area contributed by atoms with E-state index >= 15 is 0 Å². The number of nitrogens with zero attached hydrogens (tertiary/aromatic N) is 1. The van der Waals surface area contributed by atoms with E-state index in [1.165, 1.54) is 0 Å². The molecule has 0 radical (unpaired) electrons. The molecule has 0 aromatic heterocycles. The predicted octanol–water partition coefficient (Wildman–Crippen LogP) is 2.10. The highest BCUT2D eigenvalue weighted by molar-refractivity contribution is 5.75. The minimum absolute atomic E-state index is 0.0849. The average molecular weight is 297 g/mol. The van der Waals surface area contributed by atoms with Crippen LogP contribution in [0.5, 0.6) is 0 Å². The SMILES string of the molecule is CC(C)(C)OC(=O)N1CCC(C2(C)CCNC(=O)N2)CC1. The number of nitrogens with one attached hydrogen (secondary N) is 2. The van der Waals surface area contributed by atoms with Crippen molar-refractivity contribution < 1.29 is 14.3 Å². The summed E-state index contributed by atoms with van der Waals surface area (Å²) in [4.78, 5) is 25.4. The number of piperidine rings is 1. The number of hydrogen-bond donors (Lipinski definition) is 2. The Morgan fingerprint density at radius 1 is 1.33 bits per heavy atom. The first kappa shape index (κ1) is 15.9. The molecule has 0 aromatic carbocycles. The maximum Gasteiger partial charge on any atom is 0.410 e. The molecule has 0 bridgehead atoms. The summed E-state index contributed by atoms with van der Waals surface area (Å²) in [7, 11) is 0. The van der Waals surface area contributed by atoms with Crippen molar-refractivity contribution in [3.8, 4) is 0 Å². The summed E-state index contributed by atoms with van der Waals surface area (Å²) in [5.41, 5.74) is -0.620. The van der Waals surface area contributed by atoms with Crippen molar-refractivity contribution in [3.63, 3.8) is 0 Å².